The smallest absolute Gasteiger partial charge is 0.144 e. The summed E-state index contributed by atoms with van der Waals surface area (Å²) in [4.78, 5) is 2.17. The van der Waals surface area contributed by atoms with Crippen molar-refractivity contribution in [1.82, 2.24) is 4.90 Å². The minimum atomic E-state index is -1.07. The van der Waals surface area contributed by atoms with Gasteiger partial charge in [-0.25, -0.2) is 4.39 Å². The molecule has 34 heavy (non-hydrogen) atoms. The fourth-order valence-electron chi connectivity index (χ4n) is 4.78. The first-order chi connectivity index (χ1) is 16.5. The number of nitrogens with zero attached hydrogens (tertiary/aromatic N) is 2. The minimum Gasteiger partial charge on any atom is -0.491 e. The molecule has 0 aromatic heterocycles. The molecular formula is C28H29FN2O3. The molecule has 0 aliphatic carbocycles. The summed E-state index contributed by atoms with van der Waals surface area (Å²) in [6.45, 7) is 1.95. The Morgan fingerprint density at radius 3 is 2.12 bits per heavy atom. The fourth-order valence-corrected chi connectivity index (χ4v) is 4.78. The SMILES string of the molecule is N#Cc1ccc(OC[C@H](O)CN2CCC(C(O)(c3ccccc3)c3ccccc3)CC2)cc1F. The van der Waals surface area contributed by atoms with Crippen molar-refractivity contribution in [2.75, 3.05) is 26.2 Å². The lowest BCUT2D eigenvalue weighted by Gasteiger charge is -2.42. The van der Waals surface area contributed by atoms with Gasteiger partial charge in [0.1, 0.15) is 35.9 Å². The average Bonchev–Trinajstić information content (AvgIpc) is 2.88. The van der Waals surface area contributed by atoms with Crippen molar-refractivity contribution in [3.8, 4) is 11.8 Å². The number of piperidine rings is 1. The Hall–Kier alpha value is -3.24. The van der Waals surface area contributed by atoms with Crippen LogP contribution in [0, 0.1) is 23.1 Å². The molecule has 0 radical (unpaired) electrons. The van der Waals surface area contributed by atoms with E-state index in [4.69, 9.17) is 10.00 Å². The molecule has 0 bridgehead atoms. The number of β-amino-alcohol motifs (C(OH)–C–C–N with tert-alkyl or cyclic N) is 1. The van der Waals surface area contributed by atoms with E-state index in [2.05, 4.69) is 4.90 Å². The van der Waals surface area contributed by atoms with Gasteiger partial charge in [-0.1, -0.05) is 60.7 Å². The number of nitriles is 1. The molecular weight excluding hydrogens is 431 g/mol. The van der Waals surface area contributed by atoms with Crippen molar-refractivity contribution >= 4 is 0 Å². The van der Waals surface area contributed by atoms with E-state index in [0.29, 0.717) is 6.54 Å². The predicted molar refractivity (Wildman–Crippen MR) is 128 cm³/mol. The molecule has 3 aromatic rings. The third-order valence-electron chi connectivity index (χ3n) is 6.58. The Bertz CT molecular complexity index is 1070. The van der Waals surface area contributed by atoms with E-state index in [0.717, 1.165) is 43.1 Å². The summed E-state index contributed by atoms with van der Waals surface area (Å²) < 4.78 is 19.2. The van der Waals surface area contributed by atoms with E-state index in [-0.39, 0.29) is 23.8 Å². The average molecular weight is 461 g/mol. The van der Waals surface area contributed by atoms with Crippen LogP contribution in [0.25, 0.3) is 0 Å². The molecule has 0 amide bonds. The van der Waals surface area contributed by atoms with Crippen molar-refractivity contribution in [3.63, 3.8) is 0 Å². The van der Waals surface area contributed by atoms with Crippen LogP contribution in [-0.4, -0.2) is 47.5 Å². The number of hydrogen-bond donors (Lipinski definition) is 2. The molecule has 0 unspecified atom stereocenters. The van der Waals surface area contributed by atoms with Crippen LogP contribution < -0.4 is 4.74 Å². The van der Waals surface area contributed by atoms with Gasteiger partial charge in [0.05, 0.1) is 5.56 Å². The molecule has 4 rings (SSSR count). The number of halogens is 1. The second-order valence-electron chi connectivity index (χ2n) is 8.79. The molecule has 0 spiro atoms. The Kier molecular flexibility index (Phi) is 7.59. The Morgan fingerprint density at radius 2 is 1.59 bits per heavy atom. The zero-order valence-corrected chi connectivity index (χ0v) is 19.0. The van der Waals surface area contributed by atoms with E-state index in [9.17, 15) is 14.6 Å². The first kappa shape index (κ1) is 23.9. The molecule has 2 N–H and O–H groups in total. The Balaban J connectivity index is 1.35. The first-order valence-corrected chi connectivity index (χ1v) is 11.6. The molecule has 1 heterocycles. The van der Waals surface area contributed by atoms with Crippen molar-refractivity contribution in [2.24, 2.45) is 5.92 Å². The van der Waals surface area contributed by atoms with E-state index in [1.165, 1.54) is 12.1 Å². The summed E-state index contributed by atoms with van der Waals surface area (Å²) in [7, 11) is 0. The normalized spacial score (nSPS) is 16.1. The number of aliphatic hydroxyl groups excluding tert-OH is 1. The highest BCUT2D eigenvalue weighted by atomic mass is 19.1. The minimum absolute atomic E-state index is 0.0310. The number of hydrogen-bond acceptors (Lipinski definition) is 5. The number of benzene rings is 3. The van der Waals surface area contributed by atoms with Gasteiger partial charge in [0.15, 0.2) is 0 Å². The quantitative estimate of drug-likeness (QED) is 0.530. The summed E-state index contributed by atoms with van der Waals surface area (Å²) in [5.41, 5.74) is 0.669. The van der Waals surface area contributed by atoms with Crippen LogP contribution >= 0.6 is 0 Å². The molecule has 6 heteroatoms. The lowest BCUT2D eigenvalue weighted by atomic mass is 9.72. The van der Waals surface area contributed by atoms with Crippen LogP contribution in [0.3, 0.4) is 0 Å². The van der Waals surface area contributed by atoms with Crippen LogP contribution in [0.2, 0.25) is 0 Å². The van der Waals surface area contributed by atoms with Crippen LogP contribution in [0.4, 0.5) is 4.39 Å². The molecule has 1 atom stereocenters. The third kappa shape index (κ3) is 5.28. The second kappa shape index (κ2) is 10.8. The van der Waals surface area contributed by atoms with Crippen molar-refractivity contribution in [1.29, 1.82) is 5.26 Å². The van der Waals surface area contributed by atoms with Crippen molar-refractivity contribution in [2.45, 2.75) is 24.5 Å². The van der Waals surface area contributed by atoms with Crippen LogP contribution in [-0.2, 0) is 5.60 Å². The maximum absolute atomic E-state index is 13.7. The summed E-state index contributed by atoms with van der Waals surface area (Å²) in [5, 5.41) is 31.2. The maximum atomic E-state index is 13.7. The summed E-state index contributed by atoms with van der Waals surface area (Å²) in [6, 6.07) is 25.4. The van der Waals surface area contributed by atoms with Gasteiger partial charge < -0.3 is 19.8 Å². The van der Waals surface area contributed by atoms with E-state index >= 15 is 0 Å². The third-order valence-corrected chi connectivity index (χ3v) is 6.58. The molecule has 3 aromatic carbocycles. The first-order valence-electron chi connectivity index (χ1n) is 11.6. The molecule has 1 saturated heterocycles. The van der Waals surface area contributed by atoms with Crippen molar-refractivity contribution in [3.05, 3.63) is 101 Å². The molecule has 1 fully saturated rings. The zero-order chi connectivity index (χ0) is 24.0. The predicted octanol–water partition coefficient (Wildman–Crippen LogP) is 4.09. The highest BCUT2D eigenvalue weighted by Crippen LogP contribution is 2.41. The maximum Gasteiger partial charge on any atom is 0.144 e. The topological polar surface area (TPSA) is 76.7 Å². The number of ether oxygens (including phenoxy) is 1. The summed E-state index contributed by atoms with van der Waals surface area (Å²) in [5.74, 6) is -0.311. The Labute approximate surface area is 199 Å². The zero-order valence-electron chi connectivity index (χ0n) is 19.0. The molecule has 5 nitrogen and oxygen atoms in total. The lowest BCUT2D eigenvalue weighted by molar-refractivity contribution is -0.0222. The van der Waals surface area contributed by atoms with E-state index < -0.39 is 17.5 Å². The standard InChI is InChI=1S/C28H29FN2O3/c29-27-17-26(12-11-21(27)18-30)34-20-25(32)19-31-15-13-24(14-16-31)28(33,22-7-3-1-4-8-22)23-9-5-2-6-10-23/h1-12,17,24-25,32-33H,13-16,19-20H2/t25-/m1/s1. The number of likely N-dealkylation sites (tertiary alicyclic amines) is 1. The molecule has 1 aliphatic rings. The molecule has 1 aliphatic heterocycles. The second-order valence-corrected chi connectivity index (χ2v) is 8.79. The van der Waals surface area contributed by atoms with Gasteiger partial charge in [-0.05, 0) is 55.1 Å². The van der Waals surface area contributed by atoms with Crippen LogP contribution in [0.1, 0.15) is 29.5 Å². The summed E-state index contributed by atoms with van der Waals surface area (Å²) >= 11 is 0. The van der Waals surface area contributed by atoms with Gasteiger partial charge in [-0.15, -0.1) is 0 Å². The van der Waals surface area contributed by atoms with Gasteiger partial charge in [-0.2, -0.15) is 5.26 Å². The summed E-state index contributed by atoms with van der Waals surface area (Å²) in [6.07, 6.45) is 0.834. The van der Waals surface area contributed by atoms with Gasteiger partial charge in [-0.3, -0.25) is 0 Å². The van der Waals surface area contributed by atoms with Crippen LogP contribution in [0.5, 0.6) is 5.75 Å². The van der Waals surface area contributed by atoms with Crippen LogP contribution in [0.15, 0.2) is 78.9 Å². The lowest BCUT2D eigenvalue weighted by Crippen LogP contribution is -2.46. The molecule has 176 valence electrons. The number of aliphatic hydroxyl groups is 2. The largest absolute Gasteiger partial charge is 0.491 e. The fraction of sp³-hybridized carbons (Fsp3) is 0.321. The van der Waals surface area contributed by atoms with Gasteiger partial charge in [0.2, 0.25) is 0 Å². The highest BCUT2D eigenvalue weighted by molar-refractivity contribution is 5.37. The number of rotatable bonds is 8. The van der Waals surface area contributed by atoms with Gasteiger partial charge >= 0.3 is 0 Å². The van der Waals surface area contributed by atoms with Gasteiger partial charge in [0, 0.05) is 12.6 Å². The van der Waals surface area contributed by atoms with E-state index in [1.54, 1.807) is 6.07 Å². The monoisotopic (exact) mass is 460 g/mol. The molecule has 0 saturated carbocycles. The van der Waals surface area contributed by atoms with Gasteiger partial charge in [0.25, 0.3) is 0 Å². The highest BCUT2D eigenvalue weighted by Gasteiger charge is 2.41. The van der Waals surface area contributed by atoms with Crippen molar-refractivity contribution < 1.29 is 19.3 Å². The van der Waals surface area contributed by atoms with E-state index in [1.807, 2.05) is 60.7 Å². The Morgan fingerprint density at radius 1 is 1.00 bits per heavy atom.